The molecule has 0 aliphatic heterocycles. The summed E-state index contributed by atoms with van der Waals surface area (Å²) in [5.41, 5.74) is 7.45. The Morgan fingerprint density at radius 3 is 2.88 bits per heavy atom. The van der Waals surface area contributed by atoms with Crippen LogP contribution in [0.3, 0.4) is 0 Å². The maximum absolute atomic E-state index is 8.98. The van der Waals surface area contributed by atoms with Crippen LogP contribution in [0.4, 0.5) is 5.69 Å². The van der Waals surface area contributed by atoms with Crippen molar-refractivity contribution >= 4 is 5.69 Å². The van der Waals surface area contributed by atoms with Crippen LogP contribution in [0, 0.1) is 18.3 Å². The minimum absolute atomic E-state index is 0.398. The molecule has 0 amide bonds. The standard InChI is InChI=1S/C13H11N3O/c1-9-3-2-6-16-13(9)17-12-5-4-11(15)7-10(12)8-14/h2-7H,15H2,1H3. The Kier molecular flexibility index (Phi) is 2.93. The summed E-state index contributed by atoms with van der Waals surface area (Å²) in [6.07, 6.45) is 1.64. The number of nitrogens with zero attached hydrogens (tertiary/aromatic N) is 2. The second-order valence-corrected chi connectivity index (χ2v) is 3.59. The summed E-state index contributed by atoms with van der Waals surface area (Å²) in [6.45, 7) is 1.89. The van der Waals surface area contributed by atoms with Crippen LogP contribution in [0.25, 0.3) is 0 Å². The molecule has 0 saturated carbocycles. The van der Waals surface area contributed by atoms with Gasteiger partial charge in [-0.1, -0.05) is 6.07 Å². The molecule has 2 rings (SSSR count). The number of nitriles is 1. The molecule has 4 nitrogen and oxygen atoms in total. The van der Waals surface area contributed by atoms with Gasteiger partial charge in [-0.05, 0) is 31.2 Å². The van der Waals surface area contributed by atoms with Crippen LogP contribution < -0.4 is 10.5 Å². The van der Waals surface area contributed by atoms with Gasteiger partial charge in [0.1, 0.15) is 11.8 Å². The molecule has 17 heavy (non-hydrogen) atoms. The predicted molar refractivity (Wildman–Crippen MR) is 64.6 cm³/mol. The van der Waals surface area contributed by atoms with Crippen LogP contribution in [0.5, 0.6) is 11.6 Å². The summed E-state index contributed by atoms with van der Waals surface area (Å²) >= 11 is 0. The second kappa shape index (κ2) is 4.54. The fourth-order valence-electron chi connectivity index (χ4n) is 1.41. The van der Waals surface area contributed by atoms with Crippen molar-refractivity contribution in [3.8, 4) is 17.7 Å². The van der Waals surface area contributed by atoms with E-state index < -0.39 is 0 Å². The lowest BCUT2D eigenvalue weighted by molar-refractivity contribution is 0.457. The first-order valence-electron chi connectivity index (χ1n) is 5.10. The lowest BCUT2D eigenvalue weighted by Gasteiger charge is -2.08. The van der Waals surface area contributed by atoms with E-state index in [-0.39, 0.29) is 0 Å². The molecule has 0 aliphatic carbocycles. The number of aromatic nitrogens is 1. The van der Waals surface area contributed by atoms with E-state index in [4.69, 9.17) is 15.7 Å². The number of rotatable bonds is 2. The fraction of sp³-hybridized carbons (Fsp3) is 0.0769. The zero-order valence-corrected chi connectivity index (χ0v) is 9.34. The highest BCUT2D eigenvalue weighted by Gasteiger charge is 2.07. The van der Waals surface area contributed by atoms with Crippen molar-refractivity contribution in [3.05, 3.63) is 47.7 Å². The normalized spacial score (nSPS) is 9.65. The number of hydrogen-bond donors (Lipinski definition) is 1. The Morgan fingerprint density at radius 1 is 1.35 bits per heavy atom. The number of nitrogen functional groups attached to an aromatic ring is 1. The van der Waals surface area contributed by atoms with Crippen molar-refractivity contribution < 1.29 is 4.74 Å². The Bertz CT molecular complexity index is 587. The van der Waals surface area contributed by atoms with Crippen molar-refractivity contribution in [1.29, 1.82) is 5.26 Å². The molecule has 0 aliphatic rings. The third-order valence-electron chi connectivity index (χ3n) is 2.29. The Morgan fingerprint density at radius 2 is 2.18 bits per heavy atom. The van der Waals surface area contributed by atoms with Crippen molar-refractivity contribution in [1.82, 2.24) is 4.98 Å². The largest absolute Gasteiger partial charge is 0.437 e. The highest BCUT2D eigenvalue weighted by molar-refractivity contribution is 5.54. The third-order valence-corrected chi connectivity index (χ3v) is 2.29. The average molecular weight is 225 g/mol. The summed E-state index contributed by atoms with van der Waals surface area (Å²) in [6, 6.07) is 10.7. The lowest BCUT2D eigenvalue weighted by Crippen LogP contribution is -1.94. The van der Waals surface area contributed by atoms with Crippen LogP contribution in [0.15, 0.2) is 36.5 Å². The van der Waals surface area contributed by atoms with Gasteiger partial charge in [0.05, 0.1) is 5.56 Å². The first-order chi connectivity index (χ1) is 8.20. The average Bonchev–Trinajstić information content (AvgIpc) is 2.34. The van der Waals surface area contributed by atoms with Gasteiger partial charge in [-0.3, -0.25) is 0 Å². The summed E-state index contributed by atoms with van der Waals surface area (Å²) in [5.74, 6) is 0.956. The molecule has 2 aromatic rings. The van der Waals surface area contributed by atoms with Gasteiger partial charge in [0.15, 0.2) is 0 Å². The van der Waals surface area contributed by atoms with Gasteiger partial charge in [-0.2, -0.15) is 5.26 Å². The van der Waals surface area contributed by atoms with E-state index in [1.165, 1.54) is 0 Å². The summed E-state index contributed by atoms with van der Waals surface area (Å²) in [4.78, 5) is 4.11. The van der Waals surface area contributed by atoms with Crippen molar-refractivity contribution in [3.63, 3.8) is 0 Å². The monoisotopic (exact) mass is 225 g/mol. The molecule has 0 radical (unpaired) electrons. The number of anilines is 1. The fourth-order valence-corrected chi connectivity index (χ4v) is 1.41. The Hall–Kier alpha value is -2.54. The number of pyridine rings is 1. The van der Waals surface area contributed by atoms with Crippen LogP contribution in [-0.2, 0) is 0 Å². The molecule has 0 unspecified atom stereocenters. The topological polar surface area (TPSA) is 71.9 Å². The molecule has 4 heteroatoms. The molecular formula is C13H11N3O. The summed E-state index contributed by atoms with van der Waals surface area (Å²) in [7, 11) is 0. The minimum Gasteiger partial charge on any atom is -0.437 e. The van der Waals surface area contributed by atoms with E-state index in [1.807, 2.05) is 25.1 Å². The zero-order valence-electron chi connectivity index (χ0n) is 9.34. The van der Waals surface area contributed by atoms with E-state index in [0.29, 0.717) is 22.9 Å². The molecular weight excluding hydrogens is 214 g/mol. The van der Waals surface area contributed by atoms with E-state index in [0.717, 1.165) is 5.56 Å². The SMILES string of the molecule is Cc1cccnc1Oc1ccc(N)cc1C#N. The van der Waals surface area contributed by atoms with E-state index in [2.05, 4.69) is 4.98 Å². The minimum atomic E-state index is 0.398. The molecule has 0 bridgehead atoms. The van der Waals surface area contributed by atoms with Crippen LogP contribution >= 0.6 is 0 Å². The lowest BCUT2D eigenvalue weighted by atomic mass is 10.2. The quantitative estimate of drug-likeness (QED) is 0.797. The van der Waals surface area contributed by atoms with Gasteiger partial charge in [0.25, 0.3) is 0 Å². The van der Waals surface area contributed by atoms with Crippen molar-refractivity contribution in [2.24, 2.45) is 0 Å². The first-order valence-corrected chi connectivity index (χ1v) is 5.10. The molecule has 1 aromatic carbocycles. The van der Waals surface area contributed by atoms with Gasteiger partial charge >= 0.3 is 0 Å². The molecule has 0 saturated heterocycles. The second-order valence-electron chi connectivity index (χ2n) is 3.59. The first kappa shape index (κ1) is 11.0. The van der Waals surface area contributed by atoms with E-state index in [1.54, 1.807) is 24.4 Å². The van der Waals surface area contributed by atoms with Crippen molar-refractivity contribution in [2.75, 3.05) is 5.73 Å². The van der Waals surface area contributed by atoms with E-state index >= 15 is 0 Å². The maximum Gasteiger partial charge on any atom is 0.222 e. The van der Waals surface area contributed by atoms with Crippen molar-refractivity contribution in [2.45, 2.75) is 6.92 Å². The smallest absolute Gasteiger partial charge is 0.222 e. The highest BCUT2D eigenvalue weighted by atomic mass is 16.5. The highest BCUT2D eigenvalue weighted by Crippen LogP contribution is 2.26. The van der Waals surface area contributed by atoms with Crippen LogP contribution in [0.2, 0.25) is 0 Å². The van der Waals surface area contributed by atoms with Gasteiger partial charge in [0, 0.05) is 17.4 Å². The Labute approximate surface area is 99.3 Å². The molecule has 0 spiro atoms. The van der Waals surface area contributed by atoms with Gasteiger partial charge < -0.3 is 10.5 Å². The third kappa shape index (κ3) is 2.34. The molecule has 2 N–H and O–H groups in total. The Balaban J connectivity index is 2.37. The molecule has 84 valence electrons. The molecule has 0 fully saturated rings. The van der Waals surface area contributed by atoms with Crippen LogP contribution in [-0.4, -0.2) is 4.98 Å². The number of benzene rings is 1. The number of hydrogen-bond acceptors (Lipinski definition) is 4. The zero-order chi connectivity index (χ0) is 12.3. The van der Waals surface area contributed by atoms with Gasteiger partial charge in [-0.25, -0.2) is 4.98 Å². The molecule has 1 heterocycles. The number of nitrogens with two attached hydrogens (primary N) is 1. The van der Waals surface area contributed by atoms with Crippen LogP contribution in [0.1, 0.15) is 11.1 Å². The molecule has 1 aromatic heterocycles. The maximum atomic E-state index is 8.98. The number of ether oxygens (including phenoxy) is 1. The van der Waals surface area contributed by atoms with Gasteiger partial charge in [-0.15, -0.1) is 0 Å². The summed E-state index contributed by atoms with van der Waals surface area (Å²) < 4.78 is 5.60. The number of aryl methyl sites for hydroxylation is 1. The van der Waals surface area contributed by atoms with Gasteiger partial charge in [0.2, 0.25) is 5.88 Å². The summed E-state index contributed by atoms with van der Waals surface area (Å²) in [5, 5.41) is 8.98. The van der Waals surface area contributed by atoms with E-state index in [9.17, 15) is 0 Å². The predicted octanol–water partition coefficient (Wildman–Crippen LogP) is 2.64. The molecule has 0 atom stereocenters.